The van der Waals surface area contributed by atoms with Gasteiger partial charge in [0.05, 0.1) is 0 Å². The Balaban J connectivity index is 1.66. The summed E-state index contributed by atoms with van der Waals surface area (Å²) in [5.41, 5.74) is 1.14. The van der Waals surface area contributed by atoms with Crippen LogP contribution in [0.5, 0.6) is 0 Å². The van der Waals surface area contributed by atoms with Gasteiger partial charge in [-0.05, 0) is 30.3 Å². The molecule has 0 aliphatic heterocycles. The van der Waals surface area contributed by atoms with E-state index in [1.807, 2.05) is 0 Å². The molecule has 1 aromatic carbocycles. The van der Waals surface area contributed by atoms with Gasteiger partial charge in [-0.3, -0.25) is 14.3 Å². The molecule has 23 heavy (non-hydrogen) atoms. The van der Waals surface area contributed by atoms with Gasteiger partial charge in [0, 0.05) is 43.1 Å². The first-order valence-corrected chi connectivity index (χ1v) is 7.03. The zero-order chi connectivity index (χ0) is 16.2. The first kappa shape index (κ1) is 14.7. The Bertz CT molecular complexity index is 819. The minimum atomic E-state index is -0.183. The molecular weight excluding hydrogens is 294 g/mol. The Morgan fingerprint density at radius 2 is 1.91 bits per heavy atom. The summed E-state index contributed by atoms with van der Waals surface area (Å²) >= 11 is 0. The minimum absolute atomic E-state index is 0.140. The third-order valence-corrected chi connectivity index (χ3v) is 3.32. The number of carbonyl (C=O) groups excluding carboxylic acids is 2. The lowest BCUT2D eigenvalue weighted by molar-refractivity contribution is -0.116. The summed E-state index contributed by atoms with van der Waals surface area (Å²) in [6.45, 7) is 0.140. The number of nitrogens with one attached hydrogen (secondary N) is 1. The van der Waals surface area contributed by atoms with Crippen molar-refractivity contribution < 1.29 is 9.59 Å². The lowest BCUT2D eigenvalue weighted by atomic mass is 10.1. The molecule has 7 heteroatoms. The summed E-state index contributed by atoms with van der Waals surface area (Å²) in [6.07, 6.45) is 6.63. The van der Waals surface area contributed by atoms with E-state index in [1.165, 1.54) is 4.68 Å². The average molecular weight is 309 g/mol. The maximum Gasteiger partial charge on any atom is 0.246 e. The molecule has 0 aliphatic carbocycles. The summed E-state index contributed by atoms with van der Waals surface area (Å²) in [5, 5.41) is 6.73. The highest BCUT2D eigenvalue weighted by Crippen LogP contribution is 2.13. The number of benzene rings is 1. The second-order valence-electron chi connectivity index (χ2n) is 5.02. The van der Waals surface area contributed by atoms with Gasteiger partial charge >= 0.3 is 0 Å². The van der Waals surface area contributed by atoms with Crippen LogP contribution in [0.15, 0.2) is 55.1 Å². The number of imidazole rings is 1. The van der Waals surface area contributed by atoms with Crippen LogP contribution in [0.3, 0.4) is 0 Å². The van der Waals surface area contributed by atoms with Crippen molar-refractivity contribution in [3.05, 3.63) is 66.5 Å². The fourth-order valence-electron chi connectivity index (χ4n) is 2.16. The molecule has 116 valence electrons. The summed E-state index contributed by atoms with van der Waals surface area (Å²) in [6, 6.07) is 8.47. The zero-order valence-electron chi connectivity index (χ0n) is 12.5. The van der Waals surface area contributed by atoms with Crippen molar-refractivity contribution in [3.63, 3.8) is 0 Å². The number of hydrogen-bond donors (Lipinski definition) is 1. The predicted molar refractivity (Wildman–Crippen MR) is 83.9 cm³/mol. The van der Waals surface area contributed by atoms with Crippen molar-refractivity contribution in [1.82, 2.24) is 19.3 Å². The van der Waals surface area contributed by atoms with Gasteiger partial charge < -0.3 is 9.88 Å². The van der Waals surface area contributed by atoms with E-state index in [-0.39, 0.29) is 18.2 Å². The SMILES string of the molecule is Cn1ccnc1C(=O)c1ccc(NC(=O)Cn2cccn2)cc1. The van der Waals surface area contributed by atoms with Gasteiger partial charge in [0.25, 0.3) is 0 Å². The first-order valence-electron chi connectivity index (χ1n) is 7.03. The van der Waals surface area contributed by atoms with E-state index < -0.39 is 0 Å². The number of hydrogen-bond acceptors (Lipinski definition) is 4. The van der Waals surface area contributed by atoms with Gasteiger partial charge in [-0.15, -0.1) is 0 Å². The lowest BCUT2D eigenvalue weighted by Gasteiger charge is -2.06. The molecule has 2 heterocycles. The van der Waals surface area contributed by atoms with E-state index in [0.717, 1.165) is 0 Å². The smallest absolute Gasteiger partial charge is 0.246 e. The second kappa shape index (κ2) is 6.27. The van der Waals surface area contributed by atoms with Crippen LogP contribution in [0.4, 0.5) is 5.69 Å². The Hall–Kier alpha value is -3.22. The molecule has 0 unspecified atom stereocenters. The fourth-order valence-corrected chi connectivity index (χ4v) is 2.16. The monoisotopic (exact) mass is 309 g/mol. The fraction of sp³-hybridized carbons (Fsp3) is 0.125. The molecule has 1 amide bonds. The highest BCUT2D eigenvalue weighted by atomic mass is 16.2. The van der Waals surface area contributed by atoms with Crippen LogP contribution in [0.25, 0.3) is 0 Å². The van der Waals surface area contributed by atoms with Gasteiger partial charge in [0.2, 0.25) is 11.7 Å². The van der Waals surface area contributed by atoms with Crippen molar-refractivity contribution in [1.29, 1.82) is 0 Å². The van der Waals surface area contributed by atoms with Crippen molar-refractivity contribution in [2.24, 2.45) is 7.05 Å². The number of nitrogens with zero attached hydrogens (tertiary/aromatic N) is 4. The summed E-state index contributed by atoms with van der Waals surface area (Å²) in [5.74, 6) is 0.0317. The van der Waals surface area contributed by atoms with Gasteiger partial charge in [-0.25, -0.2) is 4.98 Å². The lowest BCUT2D eigenvalue weighted by Crippen LogP contribution is -2.19. The van der Waals surface area contributed by atoms with Crippen LogP contribution in [0.1, 0.15) is 16.2 Å². The van der Waals surface area contributed by atoms with Crippen LogP contribution in [0, 0.1) is 0 Å². The third kappa shape index (κ3) is 3.34. The Kier molecular flexibility index (Phi) is 4.01. The maximum absolute atomic E-state index is 12.3. The normalized spacial score (nSPS) is 10.5. The topological polar surface area (TPSA) is 81.8 Å². The Morgan fingerprint density at radius 3 is 2.52 bits per heavy atom. The van der Waals surface area contributed by atoms with Gasteiger partial charge in [-0.2, -0.15) is 5.10 Å². The second-order valence-corrected chi connectivity index (χ2v) is 5.02. The Labute approximate surface area is 132 Å². The molecule has 0 saturated carbocycles. The first-order chi connectivity index (χ1) is 11.1. The largest absolute Gasteiger partial charge is 0.331 e. The number of rotatable bonds is 5. The van der Waals surface area contributed by atoms with E-state index in [4.69, 9.17) is 0 Å². The summed E-state index contributed by atoms with van der Waals surface area (Å²) < 4.78 is 3.20. The molecule has 1 N–H and O–H groups in total. The van der Waals surface area contributed by atoms with Crippen LogP contribution in [-0.4, -0.2) is 31.0 Å². The van der Waals surface area contributed by atoms with Crippen molar-refractivity contribution in [2.75, 3.05) is 5.32 Å². The number of aryl methyl sites for hydroxylation is 1. The number of ketones is 1. The molecule has 0 radical (unpaired) electrons. The zero-order valence-corrected chi connectivity index (χ0v) is 12.5. The molecule has 3 aromatic rings. The molecule has 0 aliphatic rings. The Morgan fingerprint density at radius 1 is 1.13 bits per heavy atom. The third-order valence-electron chi connectivity index (χ3n) is 3.32. The van der Waals surface area contributed by atoms with E-state index in [2.05, 4.69) is 15.4 Å². The van der Waals surface area contributed by atoms with E-state index in [0.29, 0.717) is 17.1 Å². The van der Waals surface area contributed by atoms with Crippen molar-refractivity contribution in [3.8, 4) is 0 Å². The molecule has 0 fully saturated rings. The highest BCUT2D eigenvalue weighted by Gasteiger charge is 2.13. The van der Waals surface area contributed by atoms with Crippen molar-refractivity contribution in [2.45, 2.75) is 6.54 Å². The van der Waals surface area contributed by atoms with Crippen LogP contribution in [-0.2, 0) is 18.4 Å². The van der Waals surface area contributed by atoms with Crippen molar-refractivity contribution >= 4 is 17.4 Å². The number of aromatic nitrogens is 4. The molecule has 2 aromatic heterocycles. The number of amides is 1. The maximum atomic E-state index is 12.3. The quantitative estimate of drug-likeness (QED) is 0.724. The molecule has 0 bridgehead atoms. The minimum Gasteiger partial charge on any atom is -0.331 e. The predicted octanol–water partition coefficient (Wildman–Crippen LogP) is 1.49. The van der Waals surface area contributed by atoms with Crippen LogP contribution >= 0.6 is 0 Å². The van der Waals surface area contributed by atoms with Crippen LogP contribution < -0.4 is 5.32 Å². The van der Waals surface area contributed by atoms with E-state index in [9.17, 15) is 9.59 Å². The average Bonchev–Trinajstić information content (AvgIpc) is 3.19. The molecule has 0 spiro atoms. The number of carbonyl (C=O) groups is 2. The van der Waals surface area contributed by atoms with Gasteiger partial charge in [0.1, 0.15) is 6.54 Å². The standard InChI is InChI=1S/C16H15N5O2/c1-20-10-8-17-16(20)15(23)12-3-5-13(6-4-12)19-14(22)11-21-9-2-7-18-21/h2-10H,11H2,1H3,(H,19,22). The van der Waals surface area contributed by atoms with E-state index >= 15 is 0 Å². The van der Waals surface area contributed by atoms with Gasteiger partial charge in [-0.1, -0.05) is 0 Å². The van der Waals surface area contributed by atoms with Crippen LogP contribution in [0.2, 0.25) is 0 Å². The summed E-state index contributed by atoms with van der Waals surface area (Å²) in [7, 11) is 1.77. The van der Waals surface area contributed by atoms with Gasteiger partial charge in [0.15, 0.2) is 5.82 Å². The highest BCUT2D eigenvalue weighted by molar-refractivity contribution is 6.07. The molecule has 0 atom stereocenters. The molecule has 7 nitrogen and oxygen atoms in total. The molecule has 0 saturated heterocycles. The molecular formula is C16H15N5O2. The van der Waals surface area contributed by atoms with E-state index in [1.54, 1.807) is 66.7 Å². The number of anilines is 1. The molecule has 3 rings (SSSR count). The summed E-state index contributed by atoms with van der Waals surface area (Å²) in [4.78, 5) is 28.2.